The maximum atomic E-state index is 12.2. The molecule has 1 saturated carbocycles. The summed E-state index contributed by atoms with van der Waals surface area (Å²) in [6, 6.07) is 3.90. The molecule has 7 heteroatoms. The molecule has 2 aromatic rings. The molecule has 0 atom stereocenters. The molecule has 4 rings (SSSR count). The number of amides is 2. The number of H-pyrrole nitrogens is 1. The average Bonchev–Trinajstić information content (AvgIpc) is 3.42. The molecule has 0 unspecified atom stereocenters. The number of rotatable bonds is 4. The summed E-state index contributed by atoms with van der Waals surface area (Å²) in [4.78, 5) is 33.6. The number of carbonyl (C=O) groups excluding carboxylic acids is 2. The van der Waals surface area contributed by atoms with Crippen molar-refractivity contribution in [1.29, 1.82) is 5.26 Å². The number of nitriles is 1. The minimum absolute atomic E-state index is 0.0355. The van der Waals surface area contributed by atoms with Crippen molar-refractivity contribution in [2.75, 3.05) is 18.4 Å². The van der Waals surface area contributed by atoms with E-state index in [1.165, 1.54) is 0 Å². The van der Waals surface area contributed by atoms with Crippen LogP contribution in [0.3, 0.4) is 0 Å². The lowest BCUT2D eigenvalue weighted by Crippen LogP contribution is -2.34. The van der Waals surface area contributed by atoms with Gasteiger partial charge in [-0.2, -0.15) is 5.26 Å². The van der Waals surface area contributed by atoms with Crippen LogP contribution in [0.5, 0.6) is 0 Å². The molecule has 3 heterocycles. The Bertz CT molecular complexity index is 994. The predicted octanol–water partition coefficient (Wildman–Crippen LogP) is 2.75. The molecule has 1 aliphatic heterocycles. The Balaban J connectivity index is 1.67. The Labute approximate surface area is 157 Å². The van der Waals surface area contributed by atoms with Gasteiger partial charge in [0, 0.05) is 36.2 Å². The first-order valence-corrected chi connectivity index (χ1v) is 9.21. The van der Waals surface area contributed by atoms with Crippen LogP contribution < -0.4 is 5.32 Å². The molecule has 0 bridgehead atoms. The molecule has 2 aliphatic rings. The number of anilines is 1. The molecule has 7 nitrogen and oxygen atoms in total. The molecule has 0 saturated heterocycles. The SMILES string of the molecule is Cc1c(NC(=O)C2CC2)nc2[nH]ccc2c1C1=CCN(C(=O)CC#N)CC1. The van der Waals surface area contributed by atoms with Crippen molar-refractivity contribution in [3.05, 3.63) is 29.5 Å². The van der Waals surface area contributed by atoms with Crippen molar-refractivity contribution >= 4 is 34.2 Å². The Morgan fingerprint density at radius 2 is 2.26 bits per heavy atom. The Hall–Kier alpha value is -3.14. The number of hydrogen-bond donors (Lipinski definition) is 2. The topological polar surface area (TPSA) is 102 Å². The summed E-state index contributed by atoms with van der Waals surface area (Å²) in [7, 11) is 0. The van der Waals surface area contributed by atoms with Crippen molar-refractivity contribution in [2.24, 2.45) is 5.92 Å². The maximum absolute atomic E-state index is 12.2. The van der Waals surface area contributed by atoms with Gasteiger partial charge in [0.25, 0.3) is 0 Å². The van der Waals surface area contributed by atoms with Gasteiger partial charge < -0.3 is 15.2 Å². The summed E-state index contributed by atoms with van der Waals surface area (Å²) < 4.78 is 0. The van der Waals surface area contributed by atoms with Gasteiger partial charge in [0.15, 0.2) is 0 Å². The number of pyridine rings is 1. The van der Waals surface area contributed by atoms with Crippen LogP contribution in [0.4, 0.5) is 5.82 Å². The van der Waals surface area contributed by atoms with Gasteiger partial charge in [-0.05, 0) is 43.4 Å². The van der Waals surface area contributed by atoms with E-state index in [4.69, 9.17) is 5.26 Å². The lowest BCUT2D eigenvalue weighted by atomic mass is 9.93. The second kappa shape index (κ2) is 6.88. The standard InChI is InChI=1S/C20H21N5O2/c1-12-17(13-6-10-25(11-7-13)16(26)4-8-21)15-5-9-22-19(15)23-18(12)24-20(27)14-2-3-14/h5-6,9,14H,2-4,7,10-11H2,1H3,(H2,22,23,24,27). The fourth-order valence-corrected chi connectivity index (χ4v) is 3.57. The number of carbonyl (C=O) groups is 2. The van der Waals surface area contributed by atoms with Crippen LogP contribution in [0.15, 0.2) is 18.3 Å². The largest absolute Gasteiger partial charge is 0.346 e. The van der Waals surface area contributed by atoms with E-state index >= 15 is 0 Å². The summed E-state index contributed by atoms with van der Waals surface area (Å²) in [6.07, 6.45) is 6.40. The first kappa shape index (κ1) is 17.3. The Morgan fingerprint density at radius 1 is 1.44 bits per heavy atom. The molecule has 27 heavy (non-hydrogen) atoms. The minimum atomic E-state index is -0.136. The molecule has 2 amide bonds. The number of aromatic amines is 1. The number of nitrogens with zero attached hydrogens (tertiary/aromatic N) is 3. The second-order valence-corrected chi connectivity index (χ2v) is 7.12. The molecule has 2 aromatic heterocycles. The van der Waals surface area contributed by atoms with Crippen molar-refractivity contribution in [3.8, 4) is 6.07 Å². The van der Waals surface area contributed by atoms with Crippen LogP contribution in [0.25, 0.3) is 16.6 Å². The fraction of sp³-hybridized carbons (Fsp3) is 0.400. The van der Waals surface area contributed by atoms with Gasteiger partial charge in [-0.1, -0.05) is 6.08 Å². The van der Waals surface area contributed by atoms with E-state index in [9.17, 15) is 9.59 Å². The van der Waals surface area contributed by atoms with Crippen LogP contribution >= 0.6 is 0 Å². The third-order valence-electron chi connectivity index (χ3n) is 5.25. The zero-order chi connectivity index (χ0) is 19.0. The van der Waals surface area contributed by atoms with Gasteiger partial charge in [-0.3, -0.25) is 9.59 Å². The quantitative estimate of drug-likeness (QED) is 0.872. The monoisotopic (exact) mass is 363 g/mol. The molecule has 138 valence electrons. The predicted molar refractivity (Wildman–Crippen MR) is 102 cm³/mol. The third-order valence-corrected chi connectivity index (χ3v) is 5.25. The number of nitrogens with one attached hydrogen (secondary N) is 2. The zero-order valence-corrected chi connectivity index (χ0v) is 15.2. The average molecular weight is 363 g/mol. The third kappa shape index (κ3) is 3.31. The van der Waals surface area contributed by atoms with Crippen molar-refractivity contribution < 1.29 is 9.59 Å². The molecule has 0 spiro atoms. The number of hydrogen-bond acceptors (Lipinski definition) is 4. The highest BCUT2D eigenvalue weighted by atomic mass is 16.2. The first-order valence-electron chi connectivity index (χ1n) is 9.21. The Morgan fingerprint density at radius 3 is 2.93 bits per heavy atom. The molecule has 0 radical (unpaired) electrons. The van der Waals surface area contributed by atoms with Gasteiger partial charge >= 0.3 is 0 Å². The molecular weight excluding hydrogens is 342 g/mol. The van der Waals surface area contributed by atoms with Gasteiger partial charge in [-0.25, -0.2) is 4.98 Å². The van der Waals surface area contributed by atoms with Crippen molar-refractivity contribution in [2.45, 2.75) is 32.6 Å². The van der Waals surface area contributed by atoms with Crippen LogP contribution in [0.1, 0.15) is 36.8 Å². The maximum Gasteiger partial charge on any atom is 0.237 e. The molecular formula is C20H21N5O2. The van der Waals surface area contributed by atoms with Crippen molar-refractivity contribution in [3.63, 3.8) is 0 Å². The van der Waals surface area contributed by atoms with Crippen LogP contribution in [0.2, 0.25) is 0 Å². The van der Waals surface area contributed by atoms with Crippen LogP contribution in [-0.2, 0) is 9.59 Å². The fourth-order valence-electron chi connectivity index (χ4n) is 3.57. The van der Waals surface area contributed by atoms with E-state index in [-0.39, 0.29) is 24.2 Å². The summed E-state index contributed by atoms with van der Waals surface area (Å²) in [5, 5.41) is 12.7. The van der Waals surface area contributed by atoms with E-state index in [2.05, 4.69) is 15.3 Å². The van der Waals surface area contributed by atoms with Gasteiger partial charge in [-0.15, -0.1) is 0 Å². The summed E-state index contributed by atoms with van der Waals surface area (Å²) in [5.41, 5.74) is 3.90. The van der Waals surface area contributed by atoms with Crippen LogP contribution in [0, 0.1) is 24.2 Å². The lowest BCUT2D eigenvalue weighted by molar-refractivity contribution is -0.129. The summed E-state index contributed by atoms with van der Waals surface area (Å²) >= 11 is 0. The number of fused-ring (bicyclic) bond motifs is 1. The van der Waals surface area contributed by atoms with E-state index < -0.39 is 0 Å². The van der Waals surface area contributed by atoms with E-state index in [1.807, 2.05) is 31.3 Å². The first-order chi connectivity index (χ1) is 13.1. The molecule has 0 aromatic carbocycles. The van der Waals surface area contributed by atoms with Crippen LogP contribution in [-0.4, -0.2) is 39.8 Å². The molecule has 2 N–H and O–H groups in total. The highest BCUT2D eigenvalue weighted by Gasteiger charge is 2.31. The summed E-state index contributed by atoms with van der Waals surface area (Å²) in [6.45, 7) is 3.06. The van der Waals surface area contributed by atoms with Gasteiger partial charge in [0.2, 0.25) is 11.8 Å². The van der Waals surface area contributed by atoms with E-state index in [0.717, 1.165) is 40.6 Å². The van der Waals surface area contributed by atoms with Gasteiger partial charge in [0.1, 0.15) is 17.9 Å². The lowest BCUT2D eigenvalue weighted by Gasteiger charge is -2.27. The van der Waals surface area contributed by atoms with Gasteiger partial charge in [0.05, 0.1) is 6.07 Å². The molecule has 1 aliphatic carbocycles. The normalized spacial score (nSPS) is 16.7. The van der Waals surface area contributed by atoms with Crippen molar-refractivity contribution in [1.82, 2.24) is 14.9 Å². The highest BCUT2D eigenvalue weighted by Crippen LogP contribution is 2.35. The smallest absolute Gasteiger partial charge is 0.237 e. The highest BCUT2D eigenvalue weighted by molar-refractivity contribution is 5.99. The van der Waals surface area contributed by atoms with E-state index in [1.54, 1.807) is 4.90 Å². The minimum Gasteiger partial charge on any atom is -0.346 e. The Kier molecular flexibility index (Phi) is 4.40. The van der Waals surface area contributed by atoms with E-state index in [0.29, 0.717) is 25.3 Å². The molecule has 1 fully saturated rings. The summed E-state index contributed by atoms with van der Waals surface area (Å²) in [5.74, 6) is 0.611. The number of aromatic nitrogens is 2. The zero-order valence-electron chi connectivity index (χ0n) is 15.2. The second-order valence-electron chi connectivity index (χ2n) is 7.12.